The van der Waals surface area contributed by atoms with E-state index in [0.717, 1.165) is 0 Å². The molecule has 4 heteroatoms. The van der Waals surface area contributed by atoms with Gasteiger partial charge in [-0.2, -0.15) is 0 Å². The molecule has 0 aliphatic rings. The second kappa shape index (κ2) is 3.79. The van der Waals surface area contributed by atoms with Crippen molar-refractivity contribution in [3.8, 4) is 0 Å². The van der Waals surface area contributed by atoms with Crippen LogP contribution < -0.4 is 0 Å². The van der Waals surface area contributed by atoms with Crippen molar-refractivity contribution in [3.05, 3.63) is 0 Å². The lowest BCUT2D eigenvalue weighted by atomic mass is 11.8. The third kappa shape index (κ3) is 4.27. The third-order valence-corrected chi connectivity index (χ3v) is 60.8. The summed E-state index contributed by atoms with van der Waals surface area (Å²) in [5.41, 5.74) is 0. The third-order valence-electron chi connectivity index (χ3n) is 2.25. The molecule has 0 aromatic carbocycles. The summed E-state index contributed by atoms with van der Waals surface area (Å²) in [6.45, 7) is 23.5. The van der Waals surface area contributed by atoms with Gasteiger partial charge in [0, 0.05) is 0 Å². The number of hydrogen-bond acceptors (Lipinski definition) is 0. The summed E-state index contributed by atoms with van der Waals surface area (Å²) in [4.78, 5) is 0. The zero-order valence-electron chi connectivity index (χ0n) is 11.0. The first-order valence-corrected chi connectivity index (χ1v) is 20.2. The Labute approximate surface area is 89.1 Å². The summed E-state index contributed by atoms with van der Waals surface area (Å²) in [6.07, 6.45) is 0. The summed E-state index contributed by atoms with van der Waals surface area (Å²) in [5.74, 6) is 0. The van der Waals surface area contributed by atoms with Crippen molar-refractivity contribution in [1.29, 1.82) is 0 Å². The molecule has 0 N–H and O–H groups in total. The van der Waals surface area contributed by atoms with Gasteiger partial charge in [0.1, 0.15) is 0 Å². The van der Waals surface area contributed by atoms with E-state index in [-0.39, 0.29) is 7.35 Å². The van der Waals surface area contributed by atoms with Gasteiger partial charge in [-0.15, -0.1) is 0 Å². The van der Waals surface area contributed by atoms with Crippen LogP contribution in [0.4, 0.5) is 0 Å². The van der Waals surface area contributed by atoms with Gasteiger partial charge in [-0.25, -0.2) is 0 Å². The molecule has 0 amide bonds. The standard InChI is InChI=1S/C9H27Si4/c1-11(2,3)10(12(4,5)6)13(7,8)9/h1-9H3/q+1. The largest absolute Gasteiger partial charge is 0.198 e. The summed E-state index contributed by atoms with van der Waals surface area (Å²) < 4.78 is 0. The van der Waals surface area contributed by atoms with Crippen LogP contribution >= 0.6 is 0 Å². The van der Waals surface area contributed by atoms with Crippen molar-refractivity contribution in [1.82, 2.24) is 0 Å². The molecular weight excluding hydrogens is 220 g/mol. The Morgan fingerprint density at radius 3 is 0.615 bits per heavy atom. The predicted octanol–water partition coefficient (Wildman–Crippen LogP) is 3.73. The van der Waals surface area contributed by atoms with Gasteiger partial charge in [0.2, 0.25) is 0 Å². The van der Waals surface area contributed by atoms with Gasteiger partial charge in [-0.1, -0.05) is 0 Å². The zero-order valence-corrected chi connectivity index (χ0v) is 15.0. The Morgan fingerprint density at radius 1 is 0.462 bits per heavy atom. The van der Waals surface area contributed by atoms with Crippen molar-refractivity contribution in [3.63, 3.8) is 0 Å². The van der Waals surface area contributed by atoms with Gasteiger partial charge in [-0.3, -0.25) is 0 Å². The first kappa shape index (κ1) is 13.9. The van der Waals surface area contributed by atoms with Crippen LogP contribution in [0.1, 0.15) is 0 Å². The van der Waals surface area contributed by atoms with Crippen LogP contribution in [0.3, 0.4) is 0 Å². The van der Waals surface area contributed by atoms with Crippen molar-refractivity contribution in [2.75, 3.05) is 0 Å². The Bertz CT molecular complexity index is 134. The highest BCUT2D eigenvalue weighted by molar-refractivity contribution is 7.81. The normalized spacial score (nSPS) is 14.5. The Morgan fingerprint density at radius 2 is 0.615 bits per heavy atom. The maximum Gasteiger partial charge on any atom is 0.198 e. The van der Waals surface area contributed by atoms with Gasteiger partial charge in [-0.05, 0) is 58.9 Å². The second-order valence-electron chi connectivity index (χ2n) is 7.12. The molecule has 0 unspecified atom stereocenters. The lowest BCUT2D eigenvalue weighted by molar-refractivity contribution is 1.77. The molecule has 0 saturated carbocycles. The van der Waals surface area contributed by atoms with Crippen LogP contribution in [-0.4, -0.2) is 30.1 Å². The molecule has 0 aliphatic carbocycles. The average Bonchev–Trinajstić information content (AvgIpc) is 1.44. The highest BCUT2D eigenvalue weighted by atomic mass is 29.9. The van der Waals surface area contributed by atoms with Crippen molar-refractivity contribution in [2.45, 2.75) is 58.9 Å². The van der Waals surface area contributed by atoms with E-state index in [4.69, 9.17) is 0 Å². The molecule has 0 aliphatic heterocycles. The minimum Gasteiger partial charge on any atom is -0.0430 e. The number of hydrogen-bond donors (Lipinski definition) is 0. The molecule has 0 fully saturated rings. The fourth-order valence-electron chi connectivity index (χ4n) is 3.38. The first-order valence-electron chi connectivity index (χ1n) is 5.25. The van der Waals surface area contributed by atoms with Crippen LogP contribution in [0.15, 0.2) is 0 Å². The average molecular weight is 248 g/mol. The van der Waals surface area contributed by atoms with E-state index < -0.39 is 22.8 Å². The molecule has 0 nitrogen and oxygen atoms in total. The molecule has 0 radical (unpaired) electrons. The van der Waals surface area contributed by atoms with Crippen LogP contribution in [-0.2, 0) is 0 Å². The molecule has 78 valence electrons. The summed E-state index contributed by atoms with van der Waals surface area (Å²) in [5, 5.41) is 0. The van der Waals surface area contributed by atoms with Crippen molar-refractivity contribution >= 4 is 30.1 Å². The van der Waals surface area contributed by atoms with Crippen LogP contribution in [0.25, 0.3) is 0 Å². The molecule has 0 atom stereocenters. The van der Waals surface area contributed by atoms with Crippen LogP contribution in [0.5, 0.6) is 0 Å². The lowest BCUT2D eigenvalue weighted by Gasteiger charge is -2.32. The SMILES string of the molecule is C[Si](C)(C)[Si+]([Si](C)(C)C)[Si](C)(C)C. The fourth-order valence-corrected chi connectivity index (χ4v) is 91.1. The van der Waals surface area contributed by atoms with Gasteiger partial charge >= 0.3 is 0 Å². The van der Waals surface area contributed by atoms with Crippen molar-refractivity contribution < 1.29 is 0 Å². The highest BCUT2D eigenvalue weighted by Crippen LogP contribution is 2.25. The predicted molar refractivity (Wildman–Crippen MR) is 75.8 cm³/mol. The van der Waals surface area contributed by atoms with E-state index in [0.29, 0.717) is 0 Å². The zero-order chi connectivity index (χ0) is 11.1. The molecule has 0 aromatic heterocycles. The summed E-state index contributed by atoms with van der Waals surface area (Å²) in [6, 6.07) is 0. The minimum absolute atomic E-state index is 0.0255. The highest BCUT2D eigenvalue weighted by Gasteiger charge is 2.59. The van der Waals surface area contributed by atoms with E-state index in [2.05, 4.69) is 58.9 Å². The van der Waals surface area contributed by atoms with Crippen molar-refractivity contribution in [2.24, 2.45) is 0 Å². The molecule has 0 aromatic rings. The van der Waals surface area contributed by atoms with Gasteiger partial charge < -0.3 is 0 Å². The molecule has 13 heavy (non-hydrogen) atoms. The minimum atomic E-state index is -0.832. The Balaban J connectivity index is 5.02. The van der Waals surface area contributed by atoms with Gasteiger partial charge in [0.05, 0.1) is 0 Å². The van der Waals surface area contributed by atoms with Gasteiger partial charge in [0.25, 0.3) is 0 Å². The first-order chi connectivity index (χ1) is 5.37. The number of rotatable bonds is 3. The smallest absolute Gasteiger partial charge is 0.0430 e. The second-order valence-corrected chi connectivity index (χ2v) is 43.9. The molecular formula is C9H27Si4+. The summed E-state index contributed by atoms with van der Waals surface area (Å²) in [7, 11) is -2.47. The molecule has 0 bridgehead atoms. The van der Waals surface area contributed by atoms with E-state index >= 15 is 0 Å². The van der Waals surface area contributed by atoms with Crippen LogP contribution in [0, 0.1) is 0 Å². The van der Waals surface area contributed by atoms with Crippen LogP contribution in [0.2, 0.25) is 58.9 Å². The topological polar surface area (TPSA) is 0 Å². The molecule has 0 rings (SSSR count). The molecule has 0 heterocycles. The maximum absolute atomic E-state index is 2.61. The van der Waals surface area contributed by atoms with E-state index in [9.17, 15) is 0 Å². The van der Waals surface area contributed by atoms with E-state index in [1.54, 1.807) is 0 Å². The summed E-state index contributed by atoms with van der Waals surface area (Å²) >= 11 is 0. The molecule has 0 spiro atoms. The van der Waals surface area contributed by atoms with E-state index in [1.165, 1.54) is 0 Å². The molecule has 0 saturated heterocycles. The maximum atomic E-state index is 2.61. The quantitative estimate of drug-likeness (QED) is 0.667. The van der Waals surface area contributed by atoms with Gasteiger partial charge in [0.15, 0.2) is 30.1 Å². The monoisotopic (exact) mass is 247 g/mol. The fraction of sp³-hybridized carbons (Fsp3) is 1.00. The Hall–Kier alpha value is 0.868. The van der Waals surface area contributed by atoms with E-state index in [1.807, 2.05) is 0 Å². The Kier molecular flexibility index (Phi) is 4.04. The lowest BCUT2D eigenvalue weighted by Crippen LogP contribution is -2.70.